The fraction of sp³-hybridized carbons (Fsp3) is 0.538. The Morgan fingerprint density at radius 2 is 1.69 bits per heavy atom. The predicted octanol–water partition coefficient (Wildman–Crippen LogP) is 3.26. The molecule has 0 atom stereocenters. The van der Waals surface area contributed by atoms with Crippen LogP contribution in [0.25, 0.3) is 0 Å². The lowest BCUT2D eigenvalue weighted by Gasteiger charge is -2.21. The van der Waals surface area contributed by atoms with Crippen LogP contribution in [0.4, 0.5) is 0 Å². The van der Waals surface area contributed by atoms with E-state index in [1.165, 1.54) is 0 Å². The summed E-state index contributed by atoms with van der Waals surface area (Å²) in [5.74, 6) is 0.791. The van der Waals surface area contributed by atoms with Crippen molar-refractivity contribution in [2.24, 2.45) is 0 Å². The summed E-state index contributed by atoms with van der Waals surface area (Å²) < 4.78 is 5.44. The van der Waals surface area contributed by atoms with Gasteiger partial charge in [-0.25, -0.2) is 0 Å². The first-order valence-electron chi connectivity index (χ1n) is 5.48. The molecule has 0 bridgehead atoms. The Hall–Kier alpha value is -0.730. The third kappa shape index (κ3) is 1.52. The van der Waals surface area contributed by atoms with Crippen molar-refractivity contribution in [3.63, 3.8) is 0 Å². The summed E-state index contributed by atoms with van der Waals surface area (Å²) in [7, 11) is 1.64. The van der Waals surface area contributed by atoms with Crippen LogP contribution in [-0.2, 0) is 5.60 Å². The van der Waals surface area contributed by atoms with Crippen LogP contribution in [-0.4, -0.2) is 12.2 Å². The van der Waals surface area contributed by atoms with Gasteiger partial charge in [-0.05, 0) is 50.3 Å². The van der Waals surface area contributed by atoms with Crippen LogP contribution in [0, 0.1) is 20.8 Å². The molecule has 1 aromatic carbocycles. The van der Waals surface area contributed by atoms with Crippen LogP contribution >= 0.6 is 11.6 Å². The lowest BCUT2D eigenvalue weighted by Crippen LogP contribution is -2.11. The van der Waals surface area contributed by atoms with Gasteiger partial charge in [-0.15, -0.1) is 0 Å². The van der Waals surface area contributed by atoms with E-state index < -0.39 is 5.60 Å². The van der Waals surface area contributed by atoms with E-state index in [2.05, 4.69) is 0 Å². The lowest BCUT2D eigenvalue weighted by molar-refractivity contribution is 0.146. The van der Waals surface area contributed by atoms with Gasteiger partial charge in [0.05, 0.1) is 12.7 Å². The maximum Gasteiger partial charge on any atom is 0.128 e. The van der Waals surface area contributed by atoms with Gasteiger partial charge < -0.3 is 9.84 Å². The van der Waals surface area contributed by atoms with E-state index in [-0.39, 0.29) is 0 Å². The Morgan fingerprint density at radius 1 is 1.12 bits per heavy atom. The Kier molecular flexibility index (Phi) is 2.67. The van der Waals surface area contributed by atoms with Crippen LogP contribution in [0.3, 0.4) is 0 Å². The van der Waals surface area contributed by atoms with Crippen molar-refractivity contribution >= 4 is 11.6 Å². The number of hydrogen-bond acceptors (Lipinski definition) is 2. The molecule has 0 saturated heterocycles. The van der Waals surface area contributed by atoms with Crippen molar-refractivity contribution in [1.29, 1.82) is 0 Å². The van der Waals surface area contributed by atoms with Crippen LogP contribution < -0.4 is 4.74 Å². The normalized spacial score (nSPS) is 17.4. The molecule has 16 heavy (non-hydrogen) atoms. The molecule has 1 aromatic rings. The van der Waals surface area contributed by atoms with Crippen LogP contribution in [0.2, 0.25) is 5.02 Å². The minimum absolute atomic E-state index is 0.711. The topological polar surface area (TPSA) is 29.5 Å². The predicted molar refractivity (Wildman–Crippen MR) is 65.3 cm³/mol. The minimum Gasteiger partial charge on any atom is -0.496 e. The number of methoxy groups -OCH3 is 1. The van der Waals surface area contributed by atoms with Gasteiger partial charge in [-0.2, -0.15) is 0 Å². The molecule has 1 aliphatic carbocycles. The standard InChI is InChI=1S/C13H17ClO2/c1-7-8(2)12(16-4)10(9(3)11(7)14)13(15)5-6-13/h15H,5-6H2,1-4H3. The van der Waals surface area contributed by atoms with Gasteiger partial charge in [0.1, 0.15) is 5.75 Å². The molecule has 0 unspecified atom stereocenters. The highest BCUT2D eigenvalue weighted by Gasteiger charge is 2.46. The molecule has 1 saturated carbocycles. The first-order valence-corrected chi connectivity index (χ1v) is 5.86. The summed E-state index contributed by atoms with van der Waals surface area (Å²) in [6.07, 6.45) is 1.59. The minimum atomic E-state index is -0.711. The lowest BCUT2D eigenvalue weighted by atomic mass is 9.94. The summed E-state index contributed by atoms with van der Waals surface area (Å²) in [5, 5.41) is 11.0. The van der Waals surface area contributed by atoms with E-state index in [1.54, 1.807) is 7.11 Å². The summed E-state index contributed by atoms with van der Waals surface area (Å²) in [6, 6.07) is 0. The summed E-state index contributed by atoms with van der Waals surface area (Å²) >= 11 is 6.28. The molecule has 2 nitrogen and oxygen atoms in total. The smallest absolute Gasteiger partial charge is 0.128 e. The van der Waals surface area contributed by atoms with E-state index in [1.807, 2.05) is 20.8 Å². The van der Waals surface area contributed by atoms with Crippen molar-refractivity contribution < 1.29 is 9.84 Å². The first-order chi connectivity index (χ1) is 7.42. The molecule has 1 N–H and O–H groups in total. The van der Waals surface area contributed by atoms with Gasteiger partial charge in [0.15, 0.2) is 0 Å². The molecule has 1 fully saturated rings. The number of rotatable bonds is 2. The number of hydrogen-bond donors (Lipinski definition) is 1. The number of aliphatic hydroxyl groups is 1. The highest BCUT2D eigenvalue weighted by molar-refractivity contribution is 6.32. The van der Waals surface area contributed by atoms with Gasteiger partial charge in [0, 0.05) is 10.6 Å². The fourth-order valence-electron chi connectivity index (χ4n) is 2.27. The van der Waals surface area contributed by atoms with Crippen LogP contribution in [0.15, 0.2) is 0 Å². The molecule has 88 valence electrons. The molecular formula is C13H17ClO2. The first kappa shape index (κ1) is 11.7. The van der Waals surface area contributed by atoms with E-state index in [4.69, 9.17) is 16.3 Å². The molecule has 0 radical (unpaired) electrons. The Bertz CT molecular complexity index is 448. The Morgan fingerprint density at radius 3 is 2.12 bits per heavy atom. The van der Waals surface area contributed by atoms with Crippen LogP contribution in [0.1, 0.15) is 35.1 Å². The molecule has 2 rings (SSSR count). The highest BCUT2D eigenvalue weighted by Crippen LogP contribution is 2.52. The molecular weight excluding hydrogens is 224 g/mol. The van der Waals surface area contributed by atoms with Gasteiger partial charge >= 0.3 is 0 Å². The average Bonchev–Trinajstić information content (AvgIpc) is 2.99. The SMILES string of the molecule is COc1c(C)c(C)c(Cl)c(C)c1C1(O)CC1. The van der Waals surface area contributed by atoms with Crippen molar-refractivity contribution in [1.82, 2.24) is 0 Å². The van der Waals surface area contributed by atoms with Gasteiger partial charge in [-0.3, -0.25) is 0 Å². The molecule has 0 spiro atoms. The van der Waals surface area contributed by atoms with Gasteiger partial charge in [0.2, 0.25) is 0 Å². The second kappa shape index (κ2) is 3.64. The molecule has 0 amide bonds. The second-order valence-electron chi connectivity index (χ2n) is 4.63. The molecule has 0 aliphatic heterocycles. The zero-order chi connectivity index (χ0) is 12.1. The third-order valence-corrected chi connectivity index (χ3v) is 4.12. The average molecular weight is 241 g/mol. The number of halogens is 1. The maximum absolute atomic E-state index is 10.3. The van der Waals surface area contributed by atoms with Crippen molar-refractivity contribution in [3.8, 4) is 5.75 Å². The van der Waals surface area contributed by atoms with Crippen LogP contribution in [0.5, 0.6) is 5.75 Å². The van der Waals surface area contributed by atoms with E-state index in [0.717, 1.165) is 45.9 Å². The maximum atomic E-state index is 10.3. The fourth-order valence-corrected chi connectivity index (χ4v) is 2.50. The van der Waals surface area contributed by atoms with Gasteiger partial charge in [0.25, 0.3) is 0 Å². The monoisotopic (exact) mass is 240 g/mol. The quantitative estimate of drug-likeness (QED) is 0.860. The van der Waals surface area contributed by atoms with E-state index in [0.29, 0.717) is 0 Å². The molecule has 0 aromatic heterocycles. The number of ether oxygens (including phenoxy) is 1. The van der Waals surface area contributed by atoms with Crippen molar-refractivity contribution in [2.75, 3.05) is 7.11 Å². The Balaban J connectivity index is 2.75. The molecule has 3 heteroatoms. The van der Waals surface area contributed by atoms with E-state index >= 15 is 0 Å². The van der Waals surface area contributed by atoms with Crippen molar-refractivity contribution in [2.45, 2.75) is 39.2 Å². The second-order valence-corrected chi connectivity index (χ2v) is 5.01. The van der Waals surface area contributed by atoms with Gasteiger partial charge in [-0.1, -0.05) is 11.6 Å². The molecule has 0 heterocycles. The largest absolute Gasteiger partial charge is 0.496 e. The van der Waals surface area contributed by atoms with Crippen molar-refractivity contribution in [3.05, 3.63) is 27.3 Å². The highest BCUT2D eigenvalue weighted by atomic mass is 35.5. The number of benzene rings is 1. The summed E-state index contributed by atoms with van der Waals surface area (Å²) in [5.41, 5.74) is 3.17. The van der Waals surface area contributed by atoms with E-state index in [9.17, 15) is 5.11 Å². The molecule has 1 aliphatic rings. The zero-order valence-electron chi connectivity index (χ0n) is 10.1. The summed E-state index contributed by atoms with van der Waals surface area (Å²) in [4.78, 5) is 0. The third-order valence-electron chi connectivity index (χ3n) is 3.56. The Labute approximate surface area is 101 Å². The zero-order valence-corrected chi connectivity index (χ0v) is 10.9. The summed E-state index contributed by atoms with van der Waals surface area (Å²) in [6.45, 7) is 5.91.